The number of alkyl halides is 2. The van der Waals surface area contributed by atoms with Gasteiger partial charge in [0.05, 0.1) is 5.54 Å². The molecule has 0 saturated heterocycles. The fraction of sp³-hybridized carbons (Fsp3) is 1.00. The summed E-state index contributed by atoms with van der Waals surface area (Å²) in [5, 5.41) is 2.80. The molecule has 1 fully saturated rings. The topological polar surface area (TPSA) is 12.0 Å². The smallest absolute Gasteiger partial charge is 0.256 e. The maximum atomic E-state index is 12.8. The molecular formula is C10H19F2N. The molecule has 13 heavy (non-hydrogen) atoms. The van der Waals surface area contributed by atoms with Crippen LogP contribution in [0.25, 0.3) is 0 Å². The van der Waals surface area contributed by atoms with E-state index in [-0.39, 0.29) is 5.41 Å². The second-order valence-electron chi connectivity index (χ2n) is 4.87. The minimum atomic E-state index is -2.24. The number of hydrogen-bond acceptors (Lipinski definition) is 1. The van der Waals surface area contributed by atoms with Crippen LogP contribution in [0.1, 0.15) is 39.5 Å². The van der Waals surface area contributed by atoms with E-state index in [0.29, 0.717) is 12.8 Å². The van der Waals surface area contributed by atoms with Crippen molar-refractivity contribution in [2.45, 2.75) is 51.5 Å². The Morgan fingerprint density at radius 1 is 1.08 bits per heavy atom. The zero-order chi connectivity index (χ0) is 10.1. The van der Waals surface area contributed by atoms with E-state index >= 15 is 0 Å². The summed E-state index contributed by atoms with van der Waals surface area (Å²) in [6.45, 7) is 4.30. The minimum absolute atomic E-state index is 0.245. The summed E-state index contributed by atoms with van der Waals surface area (Å²) >= 11 is 0. The van der Waals surface area contributed by atoms with Crippen LogP contribution >= 0.6 is 0 Å². The zero-order valence-electron chi connectivity index (χ0n) is 8.66. The van der Waals surface area contributed by atoms with E-state index in [4.69, 9.17) is 0 Å². The Balaban J connectivity index is 2.63. The Hall–Kier alpha value is -0.180. The Labute approximate surface area is 78.9 Å². The molecule has 0 aromatic carbocycles. The maximum absolute atomic E-state index is 12.8. The number of nitrogens with one attached hydrogen (secondary N) is 1. The molecule has 0 amide bonds. The summed E-state index contributed by atoms with van der Waals surface area (Å²) in [6.07, 6.45) is 0.715. The van der Waals surface area contributed by atoms with Crippen LogP contribution in [0.3, 0.4) is 0 Å². The van der Waals surface area contributed by atoms with Crippen LogP contribution in [-0.4, -0.2) is 19.0 Å². The number of rotatable bonds is 2. The van der Waals surface area contributed by atoms with Crippen molar-refractivity contribution in [1.29, 1.82) is 0 Å². The third-order valence-electron chi connectivity index (χ3n) is 3.41. The van der Waals surface area contributed by atoms with E-state index in [1.807, 2.05) is 0 Å². The van der Waals surface area contributed by atoms with E-state index in [1.165, 1.54) is 0 Å². The van der Waals surface area contributed by atoms with Gasteiger partial charge in [0.25, 0.3) is 6.43 Å². The highest BCUT2D eigenvalue weighted by Gasteiger charge is 2.43. The van der Waals surface area contributed by atoms with Gasteiger partial charge in [-0.25, -0.2) is 8.78 Å². The molecule has 0 heterocycles. The standard InChI is InChI=1S/C10H19F2N/c1-9(2)4-6-10(13-3,7-5-9)8(11)12/h8,13H,4-7H2,1-3H3. The largest absolute Gasteiger partial charge is 0.309 e. The molecule has 0 atom stereocenters. The highest BCUT2D eigenvalue weighted by Crippen LogP contribution is 2.42. The van der Waals surface area contributed by atoms with Crippen molar-refractivity contribution >= 4 is 0 Å². The van der Waals surface area contributed by atoms with Gasteiger partial charge in [-0.15, -0.1) is 0 Å². The zero-order valence-corrected chi connectivity index (χ0v) is 8.66. The average molecular weight is 191 g/mol. The lowest BCUT2D eigenvalue weighted by molar-refractivity contribution is -0.00968. The van der Waals surface area contributed by atoms with E-state index in [1.54, 1.807) is 7.05 Å². The van der Waals surface area contributed by atoms with Crippen LogP contribution in [0.2, 0.25) is 0 Å². The molecule has 0 aliphatic heterocycles. The third-order valence-corrected chi connectivity index (χ3v) is 3.41. The summed E-state index contributed by atoms with van der Waals surface area (Å²) in [5.74, 6) is 0. The molecule has 0 radical (unpaired) electrons. The first kappa shape index (κ1) is 10.9. The molecule has 78 valence electrons. The van der Waals surface area contributed by atoms with Gasteiger partial charge in [0.15, 0.2) is 0 Å². The van der Waals surface area contributed by atoms with E-state index < -0.39 is 12.0 Å². The molecular weight excluding hydrogens is 172 g/mol. The molecule has 1 nitrogen and oxygen atoms in total. The highest BCUT2D eigenvalue weighted by atomic mass is 19.3. The molecule has 1 aliphatic rings. The Kier molecular flexibility index (Phi) is 2.95. The fourth-order valence-corrected chi connectivity index (χ4v) is 1.95. The van der Waals surface area contributed by atoms with Crippen molar-refractivity contribution in [2.24, 2.45) is 5.41 Å². The molecule has 0 aromatic heterocycles. The normalized spacial score (nSPS) is 26.3. The van der Waals surface area contributed by atoms with Gasteiger partial charge >= 0.3 is 0 Å². The molecule has 1 aliphatic carbocycles. The van der Waals surface area contributed by atoms with E-state index in [0.717, 1.165) is 12.8 Å². The van der Waals surface area contributed by atoms with Crippen molar-refractivity contribution < 1.29 is 8.78 Å². The molecule has 1 saturated carbocycles. The van der Waals surface area contributed by atoms with Crippen LogP contribution in [0.4, 0.5) is 8.78 Å². The second-order valence-corrected chi connectivity index (χ2v) is 4.87. The van der Waals surface area contributed by atoms with Gasteiger partial charge < -0.3 is 5.32 Å². The molecule has 0 bridgehead atoms. The highest BCUT2D eigenvalue weighted by molar-refractivity contribution is 4.96. The summed E-state index contributed by atoms with van der Waals surface area (Å²) in [6, 6.07) is 0. The Morgan fingerprint density at radius 2 is 1.54 bits per heavy atom. The van der Waals surface area contributed by atoms with E-state index in [2.05, 4.69) is 19.2 Å². The van der Waals surface area contributed by atoms with Crippen LogP contribution in [0, 0.1) is 5.41 Å². The van der Waals surface area contributed by atoms with Gasteiger partial charge in [-0.2, -0.15) is 0 Å². The van der Waals surface area contributed by atoms with Crippen LogP contribution in [-0.2, 0) is 0 Å². The third kappa shape index (κ3) is 2.19. The van der Waals surface area contributed by atoms with Crippen LogP contribution < -0.4 is 5.32 Å². The monoisotopic (exact) mass is 191 g/mol. The quantitative estimate of drug-likeness (QED) is 0.707. The van der Waals surface area contributed by atoms with Crippen LogP contribution in [0.15, 0.2) is 0 Å². The molecule has 1 N–H and O–H groups in total. The molecule has 0 unspecified atom stereocenters. The summed E-state index contributed by atoms with van der Waals surface area (Å²) in [4.78, 5) is 0. The van der Waals surface area contributed by atoms with Crippen molar-refractivity contribution in [1.82, 2.24) is 5.32 Å². The summed E-state index contributed by atoms with van der Waals surface area (Å²) in [7, 11) is 1.64. The Morgan fingerprint density at radius 3 is 1.85 bits per heavy atom. The SMILES string of the molecule is CNC1(C(F)F)CCC(C)(C)CC1. The molecule has 0 spiro atoms. The average Bonchev–Trinajstić information content (AvgIpc) is 2.05. The van der Waals surface area contributed by atoms with Crippen molar-refractivity contribution in [3.8, 4) is 0 Å². The van der Waals surface area contributed by atoms with Gasteiger partial charge in [0.1, 0.15) is 0 Å². The molecule has 3 heteroatoms. The summed E-state index contributed by atoms with van der Waals surface area (Å²) in [5.41, 5.74) is -0.662. The lowest BCUT2D eigenvalue weighted by Gasteiger charge is -2.42. The number of halogens is 2. The van der Waals surface area contributed by atoms with Crippen molar-refractivity contribution in [3.05, 3.63) is 0 Å². The molecule has 1 rings (SSSR count). The maximum Gasteiger partial charge on any atom is 0.256 e. The fourth-order valence-electron chi connectivity index (χ4n) is 1.95. The predicted molar refractivity (Wildman–Crippen MR) is 50.0 cm³/mol. The van der Waals surface area contributed by atoms with Gasteiger partial charge in [-0.3, -0.25) is 0 Å². The lowest BCUT2D eigenvalue weighted by Crippen LogP contribution is -2.52. The van der Waals surface area contributed by atoms with Gasteiger partial charge in [0, 0.05) is 0 Å². The summed E-state index contributed by atoms with van der Waals surface area (Å²) < 4.78 is 25.5. The first-order valence-corrected chi connectivity index (χ1v) is 4.89. The molecule has 0 aromatic rings. The van der Waals surface area contributed by atoms with Crippen molar-refractivity contribution in [2.75, 3.05) is 7.05 Å². The predicted octanol–water partition coefficient (Wildman–Crippen LogP) is 2.81. The Bertz CT molecular complexity index is 168. The van der Waals surface area contributed by atoms with Crippen LogP contribution in [0.5, 0.6) is 0 Å². The van der Waals surface area contributed by atoms with Gasteiger partial charge in [0.2, 0.25) is 0 Å². The van der Waals surface area contributed by atoms with Gasteiger partial charge in [-0.05, 0) is 38.1 Å². The lowest BCUT2D eigenvalue weighted by atomic mass is 9.69. The minimum Gasteiger partial charge on any atom is -0.309 e. The van der Waals surface area contributed by atoms with Crippen molar-refractivity contribution in [3.63, 3.8) is 0 Å². The number of hydrogen-bond donors (Lipinski definition) is 1. The first-order chi connectivity index (χ1) is 5.92. The van der Waals surface area contributed by atoms with E-state index in [9.17, 15) is 8.78 Å². The van der Waals surface area contributed by atoms with Gasteiger partial charge in [-0.1, -0.05) is 13.8 Å². The second kappa shape index (κ2) is 3.52. The first-order valence-electron chi connectivity index (χ1n) is 4.89.